The van der Waals surface area contributed by atoms with Crippen molar-refractivity contribution in [2.24, 2.45) is 0 Å². The minimum atomic E-state index is -0.603. The summed E-state index contributed by atoms with van der Waals surface area (Å²) in [7, 11) is 5.74. The summed E-state index contributed by atoms with van der Waals surface area (Å²) in [4.78, 5) is 26.6. The molecule has 0 spiro atoms. The van der Waals surface area contributed by atoms with Gasteiger partial charge in [-0.25, -0.2) is 19.3 Å². The first-order chi connectivity index (χ1) is 15.0. The van der Waals surface area contributed by atoms with Crippen molar-refractivity contribution in [3.63, 3.8) is 0 Å². The van der Waals surface area contributed by atoms with Crippen molar-refractivity contribution >= 4 is 36.0 Å². The predicted octanol–water partition coefficient (Wildman–Crippen LogP) is 1.68. The highest BCUT2D eigenvalue weighted by atomic mass is 16.3. The molecule has 9 heteroatoms. The summed E-state index contributed by atoms with van der Waals surface area (Å²) in [5.74, 6) is 0.841. The molecule has 152 valence electrons. The number of allylic oxidation sites excluding steroid dienone is 1. The van der Waals surface area contributed by atoms with Crippen LogP contribution >= 0.6 is 0 Å². The van der Waals surface area contributed by atoms with Crippen LogP contribution in [0, 0.1) is 0 Å². The zero-order valence-corrected chi connectivity index (χ0v) is 16.7. The lowest BCUT2D eigenvalue weighted by molar-refractivity contribution is 0.175. The second-order valence-corrected chi connectivity index (χ2v) is 7.43. The minimum absolute atomic E-state index is 0.239. The minimum Gasteiger partial charge on any atom is -0.387 e. The molecule has 0 saturated heterocycles. The largest absolute Gasteiger partial charge is 0.387 e. The maximum atomic E-state index is 13.0. The lowest BCUT2D eigenvalue weighted by Crippen LogP contribution is -2.22. The molecule has 2 radical (unpaired) electrons. The SMILES string of the molecule is [B]c1ccc(Nc2ncc3c(=O)n(CC=C)n(-c4ccc5c(n4)[C@H](O)CC5)c3n2)cc1. The molecule has 8 nitrogen and oxygen atoms in total. The van der Waals surface area contributed by atoms with E-state index in [2.05, 4.69) is 26.8 Å². The average Bonchev–Trinajstić information content (AvgIpc) is 3.27. The highest BCUT2D eigenvalue weighted by Crippen LogP contribution is 2.30. The van der Waals surface area contributed by atoms with Crippen LogP contribution in [-0.4, -0.2) is 37.3 Å². The predicted molar refractivity (Wildman–Crippen MR) is 120 cm³/mol. The van der Waals surface area contributed by atoms with Gasteiger partial charge in [-0.3, -0.25) is 4.79 Å². The summed E-state index contributed by atoms with van der Waals surface area (Å²) in [5, 5.41) is 13.8. The summed E-state index contributed by atoms with van der Waals surface area (Å²) < 4.78 is 3.16. The van der Waals surface area contributed by atoms with Crippen LogP contribution in [0.1, 0.15) is 23.8 Å². The van der Waals surface area contributed by atoms with Crippen LogP contribution in [0.3, 0.4) is 0 Å². The van der Waals surface area contributed by atoms with Gasteiger partial charge in [0.05, 0.1) is 18.3 Å². The summed E-state index contributed by atoms with van der Waals surface area (Å²) in [6.07, 6.45) is 3.97. The number of pyridine rings is 1. The number of nitrogens with one attached hydrogen (secondary N) is 1. The van der Waals surface area contributed by atoms with Gasteiger partial charge >= 0.3 is 0 Å². The summed E-state index contributed by atoms with van der Waals surface area (Å²) >= 11 is 0. The Balaban J connectivity index is 1.67. The smallest absolute Gasteiger partial charge is 0.278 e. The number of anilines is 2. The molecule has 3 aromatic heterocycles. The molecule has 0 aliphatic heterocycles. The first kappa shape index (κ1) is 19.3. The Morgan fingerprint density at radius 3 is 2.81 bits per heavy atom. The molecule has 3 heterocycles. The fourth-order valence-electron chi connectivity index (χ4n) is 3.84. The van der Waals surface area contributed by atoms with E-state index in [4.69, 9.17) is 7.85 Å². The number of aliphatic hydroxyl groups excluding tert-OH is 1. The van der Waals surface area contributed by atoms with Crippen molar-refractivity contribution in [3.8, 4) is 5.82 Å². The molecule has 1 aromatic carbocycles. The molecule has 1 atom stereocenters. The summed E-state index contributed by atoms with van der Waals surface area (Å²) in [6.45, 7) is 4.04. The van der Waals surface area contributed by atoms with Crippen LogP contribution in [0.25, 0.3) is 16.9 Å². The number of aromatic nitrogens is 5. The number of aryl methyl sites for hydroxylation is 1. The van der Waals surface area contributed by atoms with Crippen LogP contribution < -0.4 is 16.3 Å². The first-order valence-corrected chi connectivity index (χ1v) is 9.95. The molecular weight excluding hydrogens is 391 g/mol. The van der Waals surface area contributed by atoms with Crippen molar-refractivity contribution in [2.45, 2.75) is 25.5 Å². The Bertz CT molecular complexity index is 1360. The third-order valence-electron chi connectivity index (χ3n) is 5.36. The Labute approximate surface area is 179 Å². The van der Waals surface area contributed by atoms with Gasteiger partial charge in [-0.15, -0.1) is 6.58 Å². The fourth-order valence-corrected chi connectivity index (χ4v) is 3.84. The van der Waals surface area contributed by atoms with Crippen LogP contribution in [0.15, 0.2) is 60.0 Å². The van der Waals surface area contributed by atoms with E-state index in [0.29, 0.717) is 40.4 Å². The highest BCUT2D eigenvalue weighted by molar-refractivity contribution is 6.32. The molecule has 5 rings (SSSR count). The molecule has 1 aliphatic carbocycles. The van der Waals surface area contributed by atoms with Crippen molar-refractivity contribution in [3.05, 3.63) is 76.9 Å². The number of benzene rings is 1. The van der Waals surface area contributed by atoms with Crippen molar-refractivity contribution in [2.75, 3.05) is 5.32 Å². The van der Waals surface area contributed by atoms with E-state index in [1.54, 1.807) is 22.9 Å². The molecule has 0 amide bonds. The van der Waals surface area contributed by atoms with Crippen molar-refractivity contribution in [1.29, 1.82) is 0 Å². The number of hydrogen-bond acceptors (Lipinski definition) is 6. The van der Waals surface area contributed by atoms with Gasteiger partial charge in [-0.2, -0.15) is 4.98 Å². The number of nitrogens with zero attached hydrogens (tertiary/aromatic N) is 5. The van der Waals surface area contributed by atoms with Gasteiger partial charge in [0.25, 0.3) is 5.56 Å². The molecule has 31 heavy (non-hydrogen) atoms. The third kappa shape index (κ3) is 3.32. The molecule has 0 bridgehead atoms. The van der Waals surface area contributed by atoms with Gasteiger partial charge in [-0.05, 0) is 36.6 Å². The van der Waals surface area contributed by atoms with E-state index in [1.807, 2.05) is 24.3 Å². The zero-order chi connectivity index (χ0) is 21.5. The Morgan fingerprint density at radius 1 is 1.23 bits per heavy atom. The maximum Gasteiger partial charge on any atom is 0.278 e. The molecule has 0 saturated carbocycles. The van der Waals surface area contributed by atoms with E-state index in [0.717, 1.165) is 17.7 Å². The standard InChI is InChI=1S/C22H19BN6O2/c1-2-11-28-21(31)16-12-24-22(25-15-7-5-14(23)6-8-15)27-20(16)29(28)18-10-4-13-3-9-17(30)19(13)26-18/h2,4-8,10,12,17,30H,1,3,9,11H2,(H,24,25,27)/t17-/m1/s1. The van der Waals surface area contributed by atoms with Crippen LogP contribution in [0.2, 0.25) is 0 Å². The summed E-state index contributed by atoms with van der Waals surface area (Å²) in [6, 6.07) is 11.0. The topological polar surface area (TPSA) is 97.9 Å². The average molecular weight is 410 g/mol. The second-order valence-electron chi connectivity index (χ2n) is 7.43. The van der Waals surface area contributed by atoms with Crippen molar-refractivity contribution < 1.29 is 5.11 Å². The Kier molecular flexibility index (Phi) is 4.67. The van der Waals surface area contributed by atoms with Crippen LogP contribution in [0.5, 0.6) is 0 Å². The molecular formula is C22H19BN6O2. The quantitative estimate of drug-likeness (QED) is 0.384. The first-order valence-electron chi connectivity index (χ1n) is 9.95. The van der Waals surface area contributed by atoms with E-state index in [1.165, 1.54) is 10.9 Å². The van der Waals surface area contributed by atoms with E-state index >= 15 is 0 Å². The van der Waals surface area contributed by atoms with Gasteiger partial charge in [-0.1, -0.05) is 29.7 Å². The third-order valence-corrected chi connectivity index (χ3v) is 5.36. The zero-order valence-electron chi connectivity index (χ0n) is 16.7. The normalized spacial score (nSPS) is 15.2. The molecule has 4 aromatic rings. The maximum absolute atomic E-state index is 13.0. The Hall–Kier alpha value is -3.72. The Morgan fingerprint density at radius 2 is 2.03 bits per heavy atom. The van der Waals surface area contributed by atoms with E-state index < -0.39 is 6.10 Å². The molecule has 1 aliphatic rings. The van der Waals surface area contributed by atoms with E-state index in [9.17, 15) is 9.90 Å². The lowest BCUT2D eigenvalue weighted by atomic mass is 9.96. The van der Waals surface area contributed by atoms with E-state index in [-0.39, 0.29) is 12.1 Å². The molecule has 0 unspecified atom stereocenters. The van der Waals surface area contributed by atoms with Crippen LogP contribution in [0.4, 0.5) is 11.6 Å². The van der Waals surface area contributed by atoms with Gasteiger partial charge < -0.3 is 10.4 Å². The van der Waals surface area contributed by atoms with Gasteiger partial charge in [0, 0.05) is 11.9 Å². The lowest BCUT2D eigenvalue weighted by Gasteiger charge is -2.12. The summed E-state index contributed by atoms with van der Waals surface area (Å²) in [5.41, 5.74) is 3.27. The van der Waals surface area contributed by atoms with Gasteiger partial charge in [0.2, 0.25) is 5.95 Å². The van der Waals surface area contributed by atoms with Gasteiger partial charge in [0.15, 0.2) is 11.5 Å². The number of rotatable bonds is 5. The monoisotopic (exact) mass is 410 g/mol. The van der Waals surface area contributed by atoms with Crippen LogP contribution in [-0.2, 0) is 13.0 Å². The highest BCUT2D eigenvalue weighted by Gasteiger charge is 2.24. The van der Waals surface area contributed by atoms with Crippen molar-refractivity contribution in [1.82, 2.24) is 24.3 Å². The molecule has 2 N–H and O–H groups in total. The second kappa shape index (κ2) is 7.52. The van der Waals surface area contributed by atoms with Gasteiger partial charge in [0.1, 0.15) is 13.2 Å². The number of hydrogen-bond donors (Lipinski definition) is 2. The fraction of sp³-hybridized carbons (Fsp3) is 0.182. The number of aliphatic hydroxyl groups is 1. The molecule has 0 fully saturated rings. The number of fused-ring (bicyclic) bond motifs is 2.